The molecule has 2 atom stereocenters. The van der Waals surface area contributed by atoms with Gasteiger partial charge in [-0.25, -0.2) is 0 Å². The van der Waals surface area contributed by atoms with E-state index in [1.54, 1.807) is 18.2 Å². The van der Waals surface area contributed by atoms with Crippen LogP contribution in [0, 0.1) is 0 Å². The number of carbonyl (C=O) groups excluding carboxylic acids is 1. The third-order valence-electron chi connectivity index (χ3n) is 3.78. The highest BCUT2D eigenvalue weighted by atomic mass is 16.5. The lowest BCUT2D eigenvalue weighted by molar-refractivity contribution is -0.0251. The summed E-state index contributed by atoms with van der Waals surface area (Å²) in [7, 11) is 0. The molecule has 1 heterocycles. The number of ether oxygens (including phenoxy) is 2. The Morgan fingerprint density at radius 3 is 3.05 bits per heavy atom. The van der Waals surface area contributed by atoms with Gasteiger partial charge in [-0.3, -0.25) is 4.79 Å². The minimum Gasteiger partial charge on any atom is -0.494 e. The lowest BCUT2D eigenvalue weighted by Gasteiger charge is -2.26. The number of hydrogen-bond donors (Lipinski definition) is 2. The highest BCUT2D eigenvalue weighted by molar-refractivity contribution is 5.94. The molecule has 1 saturated heterocycles. The molecule has 1 aliphatic heterocycles. The fourth-order valence-electron chi connectivity index (χ4n) is 2.29. The summed E-state index contributed by atoms with van der Waals surface area (Å²) in [5.74, 6) is 0.463. The average Bonchev–Trinajstić information content (AvgIpc) is 2.83. The molecule has 2 N–H and O–H groups in total. The molecule has 0 saturated carbocycles. The summed E-state index contributed by atoms with van der Waals surface area (Å²) in [5, 5.41) is 13.1. The smallest absolute Gasteiger partial charge is 0.251 e. The van der Waals surface area contributed by atoms with Crippen molar-refractivity contribution in [2.45, 2.75) is 38.4 Å². The Hall–Kier alpha value is -1.59. The van der Waals surface area contributed by atoms with E-state index in [-0.39, 0.29) is 18.6 Å². The molecule has 1 fully saturated rings. The minimum absolute atomic E-state index is 0.188. The molecule has 5 heteroatoms. The predicted molar refractivity (Wildman–Crippen MR) is 79.5 cm³/mol. The predicted octanol–water partition coefficient (Wildman–Crippen LogP) is 1.75. The normalized spacial score (nSPS) is 24.8. The fourth-order valence-corrected chi connectivity index (χ4v) is 2.29. The van der Waals surface area contributed by atoms with Gasteiger partial charge in [-0.1, -0.05) is 13.0 Å². The van der Waals surface area contributed by atoms with Crippen molar-refractivity contribution in [1.29, 1.82) is 0 Å². The molecular formula is C16H23NO4. The van der Waals surface area contributed by atoms with E-state index < -0.39 is 5.60 Å². The lowest BCUT2D eigenvalue weighted by atomic mass is 9.96. The Balaban J connectivity index is 1.94. The molecule has 2 unspecified atom stereocenters. The van der Waals surface area contributed by atoms with Crippen molar-refractivity contribution in [2.24, 2.45) is 0 Å². The molecule has 1 aromatic carbocycles. The van der Waals surface area contributed by atoms with Gasteiger partial charge in [0.1, 0.15) is 11.4 Å². The lowest BCUT2D eigenvalue weighted by Crippen LogP contribution is -2.47. The molecule has 0 aromatic heterocycles. The van der Waals surface area contributed by atoms with Crippen LogP contribution in [-0.4, -0.2) is 42.5 Å². The van der Waals surface area contributed by atoms with Crippen LogP contribution >= 0.6 is 0 Å². The number of amides is 1. The van der Waals surface area contributed by atoms with Crippen LogP contribution in [0.4, 0.5) is 0 Å². The molecule has 0 aliphatic carbocycles. The first-order chi connectivity index (χ1) is 10.0. The molecule has 1 aliphatic rings. The number of nitrogens with one attached hydrogen (secondary N) is 1. The standard InChI is InChI=1S/C16H23NO4/c1-3-8-21-14-6-4-5-13(10-14)15(18)17-11-16(19)7-9-20-12(16)2/h4-6,10,12,19H,3,7-9,11H2,1-2H3,(H,17,18). The molecule has 2 rings (SSSR count). The van der Waals surface area contributed by atoms with Gasteiger partial charge in [-0.05, 0) is 31.5 Å². The van der Waals surface area contributed by atoms with Crippen LogP contribution in [-0.2, 0) is 4.74 Å². The van der Waals surface area contributed by atoms with Crippen molar-refractivity contribution in [3.05, 3.63) is 29.8 Å². The number of hydrogen-bond acceptors (Lipinski definition) is 4. The van der Waals surface area contributed by atoms with Gasteiger partial charge in [0.25, 0.3) is 5.91 Å². The molecule has 21 heavy (non-hydrogen) atoms. The fraction of sp³-hybridized carbons (Fsp3) is 0.562. The Labute approximate surface area is 125 Å². The van der Waals surface area contributed by atoms with Gasteiger partial charge >= 0.3 is 0 Å². The second-order valence-corrected chi connectivity index (χ2v) is 5.43. The van der Waals surface area contributed by atoms with Gasteiger partial charge in [-0.2, -0.15) is 0 Å². The number of benzene rings is 1. The maximum atomic E-state index is 12.2. The van der Waals surface area contributed by atoms with Gasteiger partial charge < -0.3 is 19.9 Å². The third kappa shape index (κ3) is 3.95. The summed E-state index contributed by atoms with van der Waals surface area (Å²) >= 11 is 0. The highest BCUT2D eigenvalue weighted by Gasteiger charge is 2.39. The zero-order valence-electron chi connectivity index (χ0n) is 12.6. The Morgan fingerprint density at radius 1 is 1.57 bits per heavy atom. The van der Waals surface area contributed by atoms with Crippen molar-refractivity contribution in [2.75, 3.05) is 19.8 Å². The Kier molecular flexibility index (Phi) is 5.20. The summed E-state index contributed by atoms with van der Waals surface area (Å²) in [6.45, 7) is 5.18. The highest BCUT2D eigenvalue weighted by Crippen LogP contribution is 2.24. The van der Waals surface area contributed by atoms with Gasteiger partial charge in [0.2, 0.25) is 0 Å². The van der Waals surface area contributed by atoms with Crippen molar-refractivity contribution >= 4 is 5.91 Å². The first-order valence-corrected chi connectivity index (χ1v) is 7.40. The Bertz CT molecular complexity index is 491. The van der Waals surface area contributed by atoms with E-state index in [2.05, 4.69) is 5.32 Å². The van der Waals surface area contributed by atoms with Gasteiger partial charge in [-0.15, -0.1) is 0 Å². The molecule has 0 radical (unpaired) electrons. The van der Waals surface area contributed by atoms with E-state index in [1.165, 1.54) is 0 Å². The van der Waals surface area contributed by atoms with Crippen LogP contribution in [0.25, 0.3) is 0 Å². The molecule has 0 spiro atoms. The molecule has 1 amide bonds. The maximum Gasteiger partial charge on any atom is 0.251 e. The van der Waals surface area contributed by atoms with Gasteiger partial charge in [0, 0.05) is 25.1 Å². The van der Waals surface area contributed by atoms with Crippen LogP contribution in [0.3, 0.4) is 0 Å². The molecule has 116 valence electrons. The van der Waals surface area contributed by atoms with Gasteiger partial charge in [0.15, 0.2) is 0 Å². The second kappa shape index (κ2) is 6.91. The second-order valence-electron chi connectivity index (χ2n) is 5.43. The SMILES string of the molecule is CCCOc1cccc(C(=O)NCC2(O)CCOC2C)c1. The number of rotatable bonds is 6. The molecule has 1 aromatic rings. The van der Waals surface area contributed by atoms with E-state index in [4.69, 9.17) is 9.47 Å². The van der Waals surface area contributed by atoms with Crippen LogP contribution < -0.4 is 10.1 Å². The average molecular weight is 293 g/mol. The molecular weight excluding hydrogens is 270 g/mol. The van der Waals surface area contributed by atoms with Crippen LogP contribution in [0.2, 0.25) is 0 Å². The summed E-state index contributed by atoms with van der Waals surface area (Å²) in [6, 6.07) is 7.05. The largest absolute Gasteiger partial charge is 0.494 e. The molecule has 0 bridgehead atoms. The van der Waals surface area contributed by atoms with Crippen molar-refractivity contribution in [1.82, 2.24) is 5.32 Å². The first-order valence-electron chi connectivity index (χ1n) is 7.40. The van der Waals surface area contributed by atoms with Gasteiger partial charge in [0.05, 0.1) is 12.7 Å². The zero-order valence-corrected chi connectivity index (χ0v) is 12.6. The van der Waals surface area contributed by atoms with E-state index in [0.717, 1.165) is 6.42 Å². The monoisotopic (exact) mass is 293 g/mol. The van der Waals surface area contributed by atoms with Crippen LogP contribution in [0.1, 0.15) is 37.0 Å². The maximum absolute atomic E-state index is 12.2. The van der Waals surface area contributed by atoms with E-state index in [9.17, 15) is 9.90 Å². The van der Waals surface area contributed by atoms with Crippen LogP contribution in [0.15, 0.2) is 24.3 Å². The third-order valence-corrected chi connectivity index (χ3v) is 3.78. The summed E-state index contributed by atoms with van der Waals surface area (Å²) in [4.78, 5) is 12.2. The topological polar surface area (TPSA) is 67.8 Å². The van der Waals surface area contributed by atoms with Crippen molar-refractivity contribution < 1.29 is 19.4 Å². The van der Waals surface area contributed by atoms with Crippen molar-refractivity contribution in [3.8, 4) is 5.75 Å². The Morgan fingerprint density at radius 2 is 2.38 bits per heavy atom. The molecule has 5 nitrogen and oxygen atoms in total. The first kappa shape index (κ1) is 15.8. The quantitative estimate of drug-likeness (QED) is 0.838. The van der Waals surface area contributed by atoms with E-state index in [0.29, 0.717) is 30.9 Å². The minimum atomic E-state index is -0.980. The summed E-state index contributed by atoms with van der Waals surface area (Å²) < 4.78 is 10.9. The number of carbonyl (C=O) groups is 1. The van der Waals surface area contributed by atoms with E-state index in [1.807, 2.05) is 19.9 Å². The number of aliphatic hydroxyl groups is 1. The van der Waals surface area contributed by atoms with Crippen LogP contribution in [0.5, 0.6) is 5.75 Å². The zero-order chi connectivity index (χ0) is 15.3. The summed E-state index contributed by atoms with van der Waals surface area (Å²) in [6.07, 6.45) is 1.19. The van der Waals surface area contributed by atoms with E-state index >= 15 is 0 Å². The summed E-state index contributed by atoms with van der Waals surface area (Å²) in [5.41, 5.74) is -0.454. The van der Waals surface area contributed by atoms with Crippen molar-refractivity contribution in [3.63, 3.8) is 0 Å².